The number of hydrogen-bond acceptors (Lipinski definition) is 7. The van der Waals surface area contributed by atoms with Gasteiger partial charge < -0.3 is 24.7 Å². The number of rotatable bonds is 9. The van der Waals surface area contributed by atoms with Crippen molar-refractivity contribution < 1.29 is 33.0 Å². The van der Waals surface area contributed by atoms with E-state index in [2.05, 4.69) is 0 Å². The average molecular weight is 643 g/mol. The van der Waals surface area contributed by atoms with Crippen LogP contribution in [0.4, 0.5) is 4.79 Å². The first-order chi connectivity index (χ1) is 20.7. The maximum Gasteiger partial charge on any atom is 0.410 e. The molecule has 0 radical (unpaired) electrons. The lowest BCUT2D eigenvalue weighted by atomic mass is 10.1. The number of carbonyl (C=O) groups excluding carboxylic acids is 2. The van der Waals surface area contributed by atoms with Gasteiger partial charge in [-0.15, -0.1) is 0 Å². The number of carbonyl (C=O) groups is 2. The SMILES string of the molecule is CC(C)(C)OC(=O)N(CCc1ccc(S(=O)(=O)c2cccc(C(=O)N3CCC(O)CC3)c2)cc1)C[C@H](O)c1cccc(Cl)c1. The van der Waals surface area contributed by atoms with Crippen molar-refractivity contribution in [3.63, 3.8) is 0 Å². The Morgan fingerprint density at radius 3 is 2.30 bits per heavy atom. The number of ether oxygens (including phenoxy) is 1. The van der Waals surface area contributed by atoms with Crippen molar-refractivity contribution in [3.05, 3.63) is 94.5 Å². The Balaban J connectivity index is 1.46. The zero-order valence-electron chi connectivity index (χ0n) is 25.1. The molecule has 0 aliphatic carbocycles. The standard InChI is InChI=1S/C33H39ClN2O7S/c1-33(2,3)43-32(40)36(22-30(38)24-6-4-8-26(34)20-24)17-14-23-10-12-28(13-11-23)44(41,42)29-9-5-7-25(21-29)31(39)35-18-15-27(37)16-19-35/h4-13,20-21,27,30,37-38H,14-19,22H2,1-3H3/t30-/m0/s1. The molecule has 1 heterocycles. The van der Waals surface area contributed by atoms with E-state index in [4.69, 9.17) is 16.3 Å². The quantitative estimate of drug-likeness (QED) is 0.325. The first kappa shape index (κ1) is 33.5. The number of hydrogen-bond donors (Lipinski definition) is 2. The molecule has 4 rings (SSSR count). The van der Waals surface area contributed by atoms with E-state index in [1.807, 2.05) is 0 Å². The third-order valence-electron chi connectivity index (χ3n) is 7.33. The van der Waals surface area contributed by atoms with Gasteiger partial charge in [0.05, 0.1) is 28.5 Å². The Kier molecular flexibility index (Phi) is 10.7. The molecule has 236 valence electrons. The minimum Gasteiger partial charge on any atom is -0.444 e. The summed E-state index contributed by atoms with van der Waals surface area (Å²) in [5.41, 5.74) is 0.901. The van der Waals surface area contributed by atoms with Crippen molar-refractivity contribution in [2.75, 3.05) is 26.2 Å². The van der Waals surface area contributed by atoms with Crippen LogP contribution < -0.4 is 0 Å². The number of aliphatic hydroxyl groups excluding tert-OH is 2. The normalized spacial score (nSPS) is 15.1. The molecule has 2 N–H and O–H groups in total. The van der Waals surface area contributed by atoms with E-state index in [1.54, 1.807) is 74.2 Å². The highest BCUT2D eigenvalue weighted by molar-refractivity contribution is 7.91. The van der Waals surface area contributed by atoms with Gasteiger partial charge in [0, 0.05) is 30.2 Å². The van der Waals surface area contributed by atoms with E-state index in [0.29, 0.717) is 42.9 Å². The van der Waals surface area contributed by atoms with Gasteiger partial charge in [0.2, 0.25) is 9.84 Å². The number of benzene rings is 3. The van der Waals surface area contributed by atoms with Gasteiger partial charge in [-0.1, -0.05) is 41.9 Å². The Morgan fingerprint density at radius 1 is 1.00 bits per heavy atom. The summed E-state index contributed by atoms with van der Waals surface area (Å²) >= 11 is 6.07. The van der Waals surface area contributed by atoms with Crippen molar-refractivity contribution in [1.29, 1.82) is 0 Å². The molecule has 44 heavy (non-hydrogen) atoms. The van der Waals surface area contributed by atoms with Gasteiger partial charge >= 0.3 is 6.09 Å². The van der Waals surface area contributed by atoms with Gasteiger partial charge in [-0.25, -0.2) is 13.2 Å². The number of nitrogens with zero attached hydrogens (tertiary/aromatic N) is 2. The van der Waals surface area contributed by atoms with E-state index in [-0.39, 0.29) is 34.4 Å². The molecule has 9 nitrogen and oxygen atoms in total. The van der Waals surface area contributed by atoms with Crippen molar-refractivity contribution in [1.82, 2.24) is 9.80 Å². The highest BCUT2D eigenvalue weighted by Crippen LogP contribution is 2.25. The molecular weight excluding hydrogens is 604 g/mol. The maximum absolute atomic E-state index is 13.4. The molecule has 1 aliphatic heterocycles. The van der Waals surface area contributed by atoms with Crippen molar-refractivity contribution >= 4 is 33.4 Å². The molecule has 1 fully saturated rings. The highest BCUT2D eigenvalue weighted by atomic mass is 35.5. The van der Waals surface area contributed by atoms with Crippen LogP contribution >= 0.6 is 11.6 Å². The molecule has 3 aromatic carbocycles. The van der Waals surface area contributed by atoms with Gasteiger partial charge in [-0.2, -0.15) is 0 Å². The third-order valence-corrected chi connectivity index (χ3v) is 9.33. The lowest BCUT2D eigenvalue weighted by Gasteiger charge is -2.29. The summed E-state index contributed by atoms with van der Waals surface area (Å²) in [4.78, 5) is 29.1. The summed E-state index contributed by atoms with van der Waals surface area (Å²) in [5, 5.41) is 21.0. The van der Waals surface area contributed by atoms with Crippen molar-refractivity contribution in [2.45, 2.75) is 67.6 Å². The molecule has 0 saturated carbocycles. The van der Waals surface area contributed by atoms with E-state index < -0.39 is 33.7 Å². The summed E-state index contributed by atoms with van der Waals surface area (Å²) < 4.78 is 32.4. The van der Waals surface area contributed by atoms with E-state index in [9.17, 15) is 28.2 Å². The Hall–Kier alpha value is -3.44. The predicted octanol–water partition coefficient (Wildman–Crippen LogP) is 5.28. The molecule has 0 unspecified atom stereocenters. The summed E-state index contributed by atoms with van der Waals surface area (Å²) in [5.74, 6) is -0.265. The van der Waals surface area contributed by atoms with Crippen molar-refractivity contribution in [3.8, 4) is 0 Å². The maximum atomic E-state index is 13.4. The molecular formula is C33H39ClN2O7S. The molecule has 1 atom stereocenters. The van der Waals surface area contributed by atoms with Gasteiger partial charge in [-0.3, -0.25) is 4.79 Å². The number of halogens is 1. The fourth-order valence-electron chi connectivity index (χ4n) is 4.89. The molecule has 0 aromatic heterocycles. The fraction of sp³-hybridized carbons (Fsp3) is 0.394. The molecule has 3 aromatic rings. The van der Waals surface area contributed by atoms with Gasteiger partial charge in [0.15, 0.2) is 0 Å². The van der Waals surface area contributed by atoms with E-state index in [0.717, 1.165) is 5.56 Å². The van der Waals surface area contributed by atoms with Crippen LogP contribution in [0, 0.1) is 0 Å². The molecule has 1 saturated heterocycles. The summed E-state index contributed by atoms with van der Waals surface area (Å²) in [6.07, 6.45) is -0.612. The van der Waals surface area contributed by atoms with Gasteiger partial charge in [0.25, 0.3) is 5.91 Å². The van der Waals surface area contributed by atoms with Crippen LogP contribution in [0.1, 0.15) is 61.2 Å². The predicted molar refractivity (Wildman–Crippen MR) is 167 cm³/mol. The van der Waals surface area contributed by atoms with Crippen LogP contribution in [0.25, 0.3) is 0 Å². The number of likely N-dealkylation sites (tertiary alicyclic amines) is 1. The van der Waals surface area contributed by atoms with Crippen LogP contribution in [-0.2, 0) is 21.0 Å². The Bertz CT molecular complexity index is 1560. The lowest BCUT2D eigenvalue weighted by molar-refractivity contribution is 0.0147. The number of aliphatic hydroxyl groups is 2. The Labute approximate surface area is 263 Å². The number of piperidine rings is 1. The molecule has 0 spiro atoms. The van der Waals surface area contributed by atoms with E-state index >= 15 is 0 Å². The lowest BCUT2D eigenvalue weighted by Crippen LogP contribution is -2.40. The minimum absolute atomic E-state index is 0.0132. The van der Waals surface area contributed by atoms with Crippen molar-refractivity contribution in [2.24, 2.45) is 0 Å². The van der Waals surface area contributed by atoms with Crippen LogP contribution in [0.2, 0.25) is 5.02 Å². The van der Waals surface area contributed by atoms with Gasteiger partial charge in [0.1, 0.15) is 5.60 Å². The second kappa shape index (κ2) is 14.1. The van der Waals surface area contributed by atoms with Gasteiger partial charge in [-0.05, 0) is 93.6 Å². The van der Waals surface area contributed by atoms with Crippen LogP contribution in [-0.4, -0.2) is 78.3 Å². The number of amides is 2. The molecule has 1 aliphatic rings. The average Bonchev–Trinajstić information content (AvgIpc) is 2.98. The summed E-state index contributed by atoms with van der Waals surface area (Å²) in [6, 6.07) is 19.2. The smallest absolute Gasteiger partial charge is 0.410 e. The first-order valence-corrected chi connectivity index (χ1v) is 16.4. The van der Waals surface area contributed by atoms with Crippen LogP contribution in [0.15, 0.2) is 82.6 Å². The Morgan fingerprint density at radius 2 is 1.66 bits per heavy atom. The summed E-state index contributed by atoms with van der Waals surface area (Å²) in [7, 11) is -3.91. The first-order valence-electron chi connectivity index (χ1n) is 14.6. The molecule has 11 heteroatoms. The topological polar surface area (TPSA) is 124 Å². The monoisotopic (exact) mass is 642 g/mol. The second-order valence-electron chi connectivity index (χ2n) is 11.9. The summed E-state index contributed by atoms with van der Waals surface area (Å²) in [6.45, 7) is 6.33. The second-order valence-corrected chi connectivity index (χ2v) is 14.3. The zero-order chi connectivity index (χ0) is 32.1. The minimum atomic E-state index is -3.91. The molecule has 0 bridgehead atoms. The largest absolute Gasteiger partial charge is 0.444 e. The fourth-order valence-corrected chi connectivity index (χ4v) is 6.40. The molecule has 2 amide bonds. The third kappa shape index (κ3) is 8.81. The zero-order valence-corrected chi connectivity index (χ0v) is 26.7. The van der Waals surface area contributed by atoms with E-state index in [1.165, 1.54) is 29.2 Å². The van der Waals surface area contributed by atoms with Crippen LogP contribution in [0.3, 0.4) is 0 Å². The van der Waals surface area contributed by atoms with Crippen LogP contribution in [0.5, 0.6) is 0 Å². The number of sulfone groups is 1. The highest BCUT2D eigenvalue weighted by Gasteiger charge is 2.26.